The Kier molecular flexibility index (Phi) is 4.86. The molecule has 0 aliphatic rings. The molecule has 0 saturated heterocycles. The van der Waals surface area contributed by atoms with Crippen molar-refractivity contribution in [3.63, 3.8) is 0 Å². The maximum Gasteiger partial charge on any atom is 0.328 e. The van der Waals surface area contributed by atoms with Crippen molar-refractivity contribution in [2.24, 2.45) is 0 Å². The van der Waals surface area contributed by atoms with Crippen LogP contribution in [0.4, 0.5) is 0 Å². The maximum absolute atomic E-state index is 11.7. The summed E-state index contributed by atoms with van der Waals surface area (Å²) in [5.74, 6) is -2.51. The van der Waals surface area contributed by atoms with Gasteiger partial charge in [-0.3, -0.25) is 9.59 Å². The predicted octanol–water partition coefficient (Wildman–Crippen LogP) is 0.433. The number of ether oxygens (including phenoxy) is 1. The number of hydrogen-bond donors (Lipinski definition) is 2. The molecule has 96 valence electrons. The second kappa shape index (κ2) is 6.39. The topological polar surface area (TPSA) is 92.7 Å². The Morgan fingerprint density at radius 3 is 2.39 bits per heavy atom. The van der Waals surface area contributed by atoms with E-state index in [9.17, 15) is 14.4 Å². The van der Waals surface area contributed by atoms with Crippen LogP contribution in [0.25, 0.3) is 0 Å². The number of methoxy groups -OCH3 is 1. The number of carbonyl (C=O) groups is 3. The van der Waals surface area contributed by atoms with E-state index in [1.807, 2.05) is 0 Å². The predicted molar refractivity (Wildman–Crippen MR) is 62.0 cm³/mol. The Morgan fingerprint density at radius 1 is 1.28 bits per heavy atom. The number of carboxylic acids is 1. The van der Waals surface area contributed by atoms with Crippen LogP contribution in [0.3, 0.4) is 0 Å². The molecule has 0 bridgehead atoms. The molecule has 0 radical (unpaired) electrons. The van der Waals surface area contributed by atoms with E-state index in [1.54, 1.807) is 30.3 Å². The Hall–Kier alpha value is -2.37. The molecule has 2 N–H and O–H groups in total. The second-order valence-corrected chi connectivity index (χ2v) is 3.51. The summed E-state index contributed by atoms with van der Waals surface area (Å²) in [7, 11) is 1.13. The van der Waals surface area contributed by atoms with Gasteiger partial charge in [-0.15, -0.1) is 0 Å². The van der Waals surface area contributed by atoms with Gasteiger partial charge >= 0.3 is 11.9 Å². The number of aliphatic carboxylic acids is 1. The summed E-state index contributed by atoms with van der Waals surface area (Å²) in [6, 6.07) is 7.00. The second-order valence-electron chi connectivity index (χ2n) is 3.51. The minimum Gasteiger partial charge on any atom is -0.481 e. The van der Waals surface area contributed by atoms with E-state index in [4.69, 9.17) is 5.11 Å². The standard InChI is InChI=1S/C12H13NO5/c1-18-12(17)9(7-10(14)15)13-11(16)8-5-3-2-4-6-8/h2-6,9H,7H2,1H3,(H,13,16)(H,14,15). The molecule has 0 aliphatic heterocycles. The lowest BCUT2D eigenvalue weighted by Gasteiger charge is -2.14. The summed E-state index contributed by atoms with van der Waals surface area (Å²) in [5, 5.41) is 11.0. The van der Waals surface area contributed by atoms with Gasteiger partial charge in [0.2, 0.25) is 0 Å². The van der Waals surface area contributed by atoms with Crippen molar-refractivity contribution in [2.75, 3.05) is 7.11 Å². The lowest BCUT2D eigenvalue weighted by atomic mass is 10.1. The molecule has 0 aromatic heterocycles. The average Bonchev–Trinajstić information content (AvgIpc) is 2.37. The van der Waals surface area contributed by atoms with Crippen molar-refractivity contribution < 1.29 is 24.2 Å². The fourth-order valence-corrected chi connectivity index (χ4v) is 1.34. The lowest BCUT2D eigenvalue weighted by molar-refractivity contribution is -0.147. The molecule has 0 saturated carbocycles. The van der Waals surface area contributed by atoms with Gasteiger partial charge in [-0.1, -0.05) is 18.2 Å². The van der Waals surface area contributed by atoms with E-state index in [2.05, 4.69) is 10.1 Å². The van der Waals surface area contributed by atoms with Crippen LogP contribution in [0.15, 0.2) is 30.3 Å². The van der Waals surface area contributed by atoms with Crippen molar-refractivity contribution in [2.45, 2.75) is 12.5 Å². The zero-order chi connectivity index (χ0) is 13.5. The molecule has 1 amide bonds. The van der Waals surface area contributed by atoms with Crippen LogP contribution in [0.5, 0.6) is 0 Å². The van der Waals surface area contributed by atoms with Gasteiger partial charge in [0.15, 0.2) is 0 Å². The minimum atomic E-state index is -1.20. The van der Waals surface area contributed by atoms with E-state index in [0.717, 1.165) is 7.11 Å². The number of benzene rings is 1. The van der Waals surface area contributed by atoms with E-state index >= 15 is 0 Å². The molecule has 0 spiro atoms. The van der Waals surface area contributed by atoms with Crippen LogP contribution in [0.1, 0.15) is 16.8 Å². The molecule has 1 aromatic carbocycles. The largest absolute Gasteiger partial charge is 0.481 e. The molecular formula is C12H13NO5. The Morgan fingerprint density at radius 2 is 1.89 bits per heavy atom. The van der Waals surface area contributed by atoms with E-state index in [-0.39, 0.29) is 0 Å². The number of esters is 1. The Bertz CT molecular complexity index is 443. The molecule has 18 heavy (non-hydrogen) atoms. The molecular weight excluding hydrogens is 238 g/mol. The summed E-state index contributed by atoms with van der Waals surface area (Å²) in [6.45, 7) is 0. The number of hydrogen-bond acceptors (Lipinski definition) is 4. The Labute approximate surface area is 104 Å². The first-order chi connectivity index (χ1) is 8.54. The van der Waals surface area contributed by atoms with Crippen molar-refractivity contribution in [3.05, 3.63) is 35.9 Å². The highest BCUT2D eigenvalue weighted by Gasteiger charge is 2.24. The van der Waals surface area contributed by atoms with Crippen LogP contribution in [0, 0.1) is 0 Å². The van der Waals surface area contributed by atoms with Gasteiger partial charge in [-0.05, 0) is 12.1 Å². The highest BCUT2D eigenvalue weighted by Crippen LogP contribution is 2.02. The first-order valence-electron chi connectivity index (χ1n) is 5.20. The van der Waals surface area contributed by atoms with Crippen molar-refractivity contribution in [1.82, 2.24) is 5.32 Å². The van der Waals surface area contributed by atoms with Crippen LogP contribution in [-0.2, 0) is 14.3 Å². The quantitative estimate of drug-likeness (QED) is 0.740. The van der Waals surface area contributed by atoms with Crippen LogP contribution >= 0.6 is 0 Å². The molecule has 1 aromatic rings. The molecule has 0 fully saturated rings. The van der Waals surface area contributed by atoms with Crippen molar-refractivity contribution >= 4 is 17.8 Å². The molecule has 6 heteroatoms. The summed E-state index contributed by atoms with van der Waals surface area (Å²) in [5.41, 5.74) is 0.344. The summed E-state index contributed by atoms with van der Waals surface area (Å²) >= 11 is 0. The fraction of sp³-hybridized carbons (Fsp3) is 0.250. The van der Waals surface area contributed by atoms with Gasteiger partial charge < -0.3 is 15.2 Å². The van der Waals surface area contributed by atoms with Gasteiger partial charge in [0.25, 0.3) is 5.91 Å². The zero-order valence-corrected chi connectivity index (χ0v) is 9.75. The van der Waals surface area contributed by atoms with Gasteiger partial charge in [-0.2, -0.15) is 0 Å². The van der Waals surface area contributed by atoms with Crippen LogP contribution < -0.4 is 5.32 Å². The number of carbonyl (C=O) groups excluding carboxylic acids is 2. The van der Waals surface area contributed by atoms with Crippen molar-refractivity contribution in [1.29, 1.82) is 0 Å². The first kappa shape index (κ1) is 13.7. The molecule has 0 aliphatic carbocycles. The molecule has 1 rings (SSSR count). The van der Waals surface area contributed by atoms with Crippen molar-refractivity contribution in [3.8, 4) is 0 Å². The summed E-state index contributed by atoms with van der Waals surface area (Å²) < 4.78 is 4.43. The van der Waals surface area contributed by atoms with E-state index in [0.29, 0.717) is 5.56 Å². The van der Waals surface area contributed by atoms with Gasteiger partial charge in [0.1, 0.15) is 6.04 Å². The molecule has 0 heterocycles. The minimum absolute atomic E-state index is 0.344. The number of rotatable bonds is 5. The monoisotopic (exact) mass is 251 g/mol. The fourth-order valence-electron chi connectivity index (χ4n) is 1.34. The lowest BCUT2D eigenvalue weighted by Crippen LogP contribution is -2.42. The van der Waals surface area contributed by atoms with E-state index < -0.39 is 30.3 Å². The molecule has 6 nitrogen and oxygen atoms in total. The summed E-state index contributed by atoms with van der Waals surface area (Å²) in [4.78, 5) is 33.6. The highest BCUT2D eigenvalue weighted by atomic mass is 16.5. The van der Waals surface area contributed by atoms with Gasteiger partial charge in [0.05, 0.1) is 13.5 Å². The number of carboxylic acid groups (broad SMARTS) is 1. The third-order valence-electron chi connectivity index (χ3n) is 2.21. The number of amides is 1. The summed E-state index contributed by atoms with van der Waals surface area (Å²) in [6.07, 6.45) is -0.523. The third kappa shape index (κ3) is 3.89. The number of nitrogens with one attached hydrogen (secondary N) is 1. The zero-order valence-electron chi connectivity index (χ0n) is 9.75. The Balaban J connectivity index is 2.74. The first-order valence-corrected chi connectivity index (χ1v) is 5.20. The molecule has 1 unspecified atom stereocenters. The van der Waals surface area contributed by atoms with Crippen LogP contribution in [-0.4, -0.2) is 36.1 Å². The normalized spacial score (nSPS) is 11.4. The van der Waals surface area contributed by atoms with E-state index in [1.165, 1.54) is 0 Å². The highest BCUT2D eigenvalue weighted by molar-refractivity contribution is 5.97. The smallest absolute Gasteiger partial charge is 0.328 e. The van der Waals surface area contributed by atoms with Gasteiger partial charge in [-0.25, -0.2) is 4.79 Å². The third-order valence-corrected chi connectivity index (χ3v) is 2.21. The maximum atomic E-state index is 11.7. The SMILES string of the molecule is COC(=O)C(CC(=O)O)NC(=O)c1ccccc1. The van der Waals surface area contributed by atoms with Crippen LogP contribution in [0.2, 0.25) is 0 Å². The molecule has 1 atom stereocenters. The average molecular weight is 251 g/mol. The van der Waals surface area contributed by atoms with Gasteiger partial charge in [0, 0.05) is 5.56 Å².